The zero-order valence-electron chi connectivity index (χ0n) is 9.50. The van der Waals surface area contributed by atoms with Crippen LogP contribution in [0.4, 0.5) is 8.78 Å². The summed E-state index contributed by atoms with van der Waals surface area (Å²) in [6.45, 7) is 4.04. The van der Waals surface area contributed by atoms with E-state index in [9.17, 15) is 13.9 Å². The monoisotopic (exact) mass is 229 g/mol. The zero-order valence-corrected chi connectivity index (χ0v) is 9.50. The Hall–Kier alpha value is -1.00. The molecule has 1 rings (SSSR count). The average Bonchev–Trinajstić information content (AvgIpc) is 2.25. The molecule has 1 aromatic rings. The maximum atomic E-state index is 13.4. The van der Waals surface area contributed by atoms with Gasteiger partial charge in [-0.25, -0.2) is 8.78 Å². The largest absolute Gasteiger partial charge is 0.392 e. The predicted octanol–water partition coefficient (Wildman–Crippen LogP) is 2.39. The van der Waals surface area contributed by atoms with Gasteiger partial charge in [0, 0.05) is 24.2 Å². The number of aliphatic hydroxyl groups excluding tert-OH is 1. The van der Waals surface area contributed by atoms with E-state index in [1.54, 1.807) is 6.92 Å². The number of hydrogen-bond donors (Lipinski definition) is 2. The summed E-state index contributed by atoms with van der Waals surface area (Å²) in [5, 5.41) is 12.3. The first-order chi connectivity index (χ1) is 7.54. The van der Waals surface area contributed by atoms with Crippen molar-refractivity contribution in [3.8, 4) is 0 Å². The van der Waals surface area contributed by atoms with E-state index in [1.165, 1.54) is 12.1 Å². The van der Waals surface area contributed by atoms with Crippen LogP contribution >= 0.6 is 0 Å². The minimum Gasteiger partial charge on any atom is -0.392 e. The maximum absolute atomic E-state index is 13.4. The van der Waals surface area contributed by atoms with Crippen LogP contribution in [-0.4, -0.2) is 17.8 Å². The molecule has 2 unspecified atom stereocenters. The highest BCUT2D eigenvalue weighted by Gasteiger charge is 2.12. The third kappa shape index (κ3) is 3.54. The van der Waals surface area contributed by atoms with Crippen molar-refractivity contribution in [2.24, 2.45) is 0 Å². The van der Waals surface area contributed by atoms with E-state index in [0.29, 0.717) is 18.5 Å². The van der Waals surface area contributed by atoms with Gasteiger partial charge in [0.05, 0.1) is 6.10 Å². The molecule has 0 heterocycles. The second kappa shape index (κ2) is 5.92. The minimum absolute atomic E-state index is 0.248. The van der Waals surface area contributed by atoms with E-state index >= 15 is 0 Å². The fourth-order valence-corrected chi connectivity index (χ4v) is 1.42. The van der Waals surface area contributed by atoms with Crippen molar-refractivity contribution in [2.75, 3.05) is 6.54 Å². The molecule has 2 nitrogen and oxygen atoms in total. The maximum Gasteiger partial charge on any atom is 0.130 e. The van der Waals surface area contributed by atoms with Crippen LogP contribution in [-0.2, 0) is 0 Å². The summed E-state index contributed by atoms with van der Waals surface area (Å²) in [5.74, 6) is -1.15. The Morgan fingerprint density at radius 2 is 2.06 bits per heavy atom. The second-order valence-electron chi connectivity index (χ2n) is 3.86. The Morgan fingerprint density at radius 1 is 1.38 bits per heavy atom. The van der Waals surface area contributed by atoms with Gasteiger partial charge in [-0.2, -0.15) is 0 Å². The number of benzene rings is 1. The van der Waals surface area contributed by atoms with Crippen LogP contribution in [0.25, 0.3) is 0 Å². The summed E-state index contributed by atoms with van der Waals surface area (Å²) in [6.07, 6.45) is 0.206. The van der Waals surface area contributed by atoms with Crippen molar-refractivity contribution in [3.05, 3.63) is 35.4 Å². The van der Waals surface area contributed by atoms with Crippen LogP contribution in [0.2, 0.25) is 0 Å². The molecule has 1 aromatic carbocycles. The summed E-state index contributed by atoms with van der Waals surface area (Å²) >= 11 is 0. The molecule has 4 heteroatoms. The van der Waals surface area contributed by atoms with Gasteiger partial charge in [0.15, 0.2) is 0 Å². The standard InChI is InChI=1S/C12H17F2NO/c1-3-10(16)7-15-8(2)11-5-4-9(13)6-12(11)14/h4-6,8,10,15-16H,3,7H2,1-2H3. The number of aliphatic hydroxyl groups is 1. The van der Waals surface area contributed by atoms with E-state index in [-0.39, 0.29) is 6.04 Å². The van der Waals surface area contributed by atoms with Crippen LogP contribution in [0.1, 0.15) is 31.9 Å². The van der Waals surface area contributed by atoms with Gasteiger partial charge >= 0.3 is 0 Å². The van der Waals surface area contributed by atoms with Crippen molar-refractivity contribution in [3.63, 3.8) is 0 Å². The van der Waals surface area contributed by atoms with Crippen molar-refractivity contribution < 1.29 is 13.9 Å². The van der Waals surface area contributed by atoms with Gasteiger partial charge in [0.25, 0.3) is 0 Å². The second-order valence-corrected chi connectivity index (χ2v) is 3.86. The highest BCUT2D eigenvalue weighted by molar-refractivity contribution is 5.21. The lowest BCUT2D eigenvalue weighted by molar-refractivity contribution is 0.163. The van der Waals surface area contributed by atoms with Crippen molar-refractivity contribution >= 4 is 0 Å². The summed E-state index contributed by atoms with van der Waals surface area (Å²) in [4.78, 5) is 0. The predicted molar refractivity (Wildman–Crippen MR) is 59.1 cm³/mol. The molecule has 90 valence electrons. The fraction of sp³-hybridized carbons (Fsp3) is 0.500. The Labute approximate surface area is 94.3 Å². The number of rotatable bonds is 5. The molecule has 0 aliphatic heterocycles. The highest BCUT2D eigenvalue weighted by atomic mass is 19.1. The van der Waals surface area contributed by atoms with Crippen molar-refractivity contribution in [2.45, 2.75) is 32.4 Å². The van der Waals surface area contributed by atoms with Gasteiger partial charge in [-0.1, -0.05) is 13.0 Å². The molecule has 0 aliphatic carbocycles. The van der Waals surface area contributed by atoms with E-state index in [0.717, 1.165) is 6.07 Å². The van der Waals surface area contributed by atoms with Gasteiger partial charge < -0.3 is 10.4 Å². The van der Waals surface area contributed by atoms with Gasteiger partial charge in [0.2, 0.25) is 0 Å². The molecule has 2 atom stereocenters. The van der Waals surface area contributed by atoms with Gasteiger partial charge in [-0.3, -0.25) is 0 Å². The number of nitrogens with one attached hydrogen (secondary N) is 1. The Morgan fingerprint density at radius 3 is 2.62 bits per heavy atom. The SMILES string of the molecule is CCC(O)CNC(C)c1ccc(F)cc1F. The molecule has 0 fully saturated rings. The van der Waals surface area contributed by atoms with Crippen molar-refractivity contribution in [1.29, 1.82) is 0 Å². The summed E-state index contributed by atoms with van der Waals surface area (Å²) in [5.41, 5.74) is 0.407. The molecule has 0 saturated heterocycles. The van der Waals surface area contributed by atoms with E-state index < -0.39 is 17.7 Å². The average molecular weight is 229 g/mol. The first-order valence-corrected chi connectivity index (χ1v) is 5.41. The third-order valence-corrected chi connectivity index (χ3v) is 2.56. The van der Waals surface area contributed by atoms with Crippen LogP contribution < -0.4 is 5.32 Å². The van der Waals surface area contributed by atoms with Crippen LogP contribution in [0.15, 0.2) is 18.2 Å². The lowest BCUT2D eigenvalue weighted by Gasteiger charge is -2.17. The van der Waals surface area contributed by atoms with E-state index in [4.69, 9.17) is 0 Å². The molecule has 0 spiro atoms. The number of hydrogen-bond acceptors (Lipinski definition) is 2. The molecule has 0 amide bonds. The van der Waals surface area contributed by atoms with Crippen LogP contribution in [0.3, 0.4) is 0 Å². The number of halogens is 2. The summed E-state index contributed by atoms with van der Waals surface area (Å²) in [7, 11) is 0. The van der Waals surface area contributed by atoms with Gasteiger partial charge in [-0.05, 0) is 19.4 Å². The van der Waals surface area contributed by atoms with E-state index in [2.05, 4.69) is 5.32 Å². The molecular weight excluding hydrogens is 212 g/mol. The van der Waals surface area contributed by atoms with Gasteiger partial charge in [-0.15, -0.1) is 0 Å². The smallest absolute Gasteiger partial charge is 0.130 e. The lowest BCUT2D eigenvalue weighted by Crippen LogP contribution is -2.29. The zero-order chi connectivity index (χ0) is 12.1. The summed E-state index contributed by atoms with van der Waals surface area (Å²) in [6, 6.07) is 3.26. The third-order valence-electron chi connectivity index (χ3n) is 2.56. The Kier molecular flexibility index (Phi) is 4.83. The minimum atomic E-state index is -0.581. The molecule has 0 aromatic heterocycles. The summed E-state index contributed by atoms with van der Waals surface area (Å²) < 4.78 is 26.0. The quantitative estimate of drug-likeness (QED) is 0.812. The molecule has 2 N–H and O–H groups in total. The molecule has 0 saturated carbocycles. The first-order valence-electron chi connectivity index (χ1n) is 5.41. The van der Waals surface area contributed by atoms with Gasteiger partial charge in [0.1, 0.15) is 11.6 Å². The normalized spacial score (nSPS) is 14.8. The van der Waals surface area contributed by atoms with Crippen LogP contribution in [0, 0.1) is 11.6 Å². The fourth-order valence-electron chi connectivity index (χ4n) is 1.42. The topological polar surface area (TPSA) is 32.3 Å². The Balaban J connectivity index is 2.62. The molecular formula is C12H17F2NO. The highest BCUT2D eigenvalue weighted by Crippen LogP contribution is 2.17. The Bertz CT molecular complexity index is 344. The first kappa shape index (κ1) is 13.1. The molecule has 0 radical (unpaired) electrons. The van der Waals surface area contributed by atoms with E-state index in [1.807, 2.05) is 6.92 Å². The molecule has 0 bridgehead atoms. The lowest BCUT2D eigenvalue weighted by atomic mass is 10.1. The van der Waals surface area contributed by atoms with Crippen molar-refractivity contribution in [1.82, 2.24) is 5.32 Å². The van der Waals surface area contributed by atoms with Crippen LogP contribution in [0.5, 0.6) is 0 Å². The molecule has 0 aliphatic rings. The molecule has 16 heavy (non-hydrogen) atoms.